The number of benzene rings is 2. The Morgan fingerprint density at radius 3 is 1.34 bits per heavy atom. The van der Waals surface area contributed by atoms with Crippen LogP contribution in [-0.2, 0) is 9.59 Å². The second-order valence-electron chi connectivity index (χ2n) is 7.39. The summed E-state index contributed by atoms with van der Waals surface area (Å²) in [5.41, 5.74) is 8.65. The molecule has 2 aromatic rings. The van der Waals surface area contributed by atoms with Crippen LogP contribution in [0.15, 0.2) is 67.7 Å². The molecule has 0 saturated carbocycles. The zero-order valence-electron chi connectivity index (χ0n) is 18.3. The van der Waals surface area contributed by atoms with E-state index in [1.54, 1.807) is 0 Å². The Kier molecular flexibility index (Phi) is 11.3. The highest BCUT2D eigenvalue weighted by Gasteiger charge is 2.04. The Morgan fingerprint density at radius 2 is 1.00 bits per heavy atom. The Bertz CT molecular complexity index is 875. The number of carbonyl (C=O) groups is 2. The molecule has 0 aliphatic rings. The summed E-state index contributed by atoms with van der Waals surface area (Å²) in [6.07, 6.45) is 4.14. The predicted octanol–water partition coefficient (Wildman–Crippen LogP) is 5.93. The third kappa shape index (κ3) is 9.87. The van der Waals surface area contributed by atoms with Gasteiger partial charge in [0.05, 0.1) is 11.4 Å². The maximum Gasteiger partial charge on any atom is 0.240 e. The van der Waals surface area contributed by atoms with Gasteiger partial charge in [0.25, 0.3) is 0 Å². The minimum Gasteiger partial charge on any atom is -0.273 e. The molecule has 2 rings (SSSR count). The zero-order chi connectivity index (χ0) is 23.3. The van der Waals surface area contributed by atoms with Crippen molar-refractivity contribution in [2.24, 2.45) is 10.2 Å². The van der Waals surface area contributed by atoms with Gasteiger partial charge in [-0.2, -0.15) is 10.2 Å². The van der Waals surface area contributed by atoms with Crippen molar-refractivity contribution in [1.82, 2.24) is 10.9 Å². The molecule has 6 nitrogen and oxygen atoms in total. The fourth-order valence-corrected chi connectivity index (χ4v) is 3.37. The summed E-state index contributed by atoms with van der Waals surface area (Å²) in [7, 11) is 0. The van der Waals surface area contributed by atoms with Crippen molar-refractivity contribution >= 4 is 55.1 Å². The molecule has 0 spiro atoms. The quantitative estimate of drug-likeness (QED) is 0.202. The molecule has 0 atom stereocenters. The van der Waals surface area contributed by atoms with E-state index in [9.17, 15) is 9.59 Å². The lowest BCUT2D eigenvalue weighted by Crippen LogP contribution is -2.19. The molecule has 0 radical (unpaired) electrons. The van der Waals surface area contributed by atoms with Crippen LogP contribution in [0, 0.1) is 0 Å². The number of rotatable bonds is 11. The monoisotopic (exact) mass is 562 g/mol. The number of halogens is 2. The minimum atomic E-state index is -0.100. The lowest BCUT2D eigenvalue weighted by Gasteiger charge is -2.04. The molecule has 0 fully saturated rings. The van der Waals surface area contributed by atoms with E-state index in [0.717, 1.165) is 57.2 Å². The molecule has 0 unspecified atom stereocenters. The van der Waals surface area contributed by atoms with Gasteiger partial charge in [0.15, 0.2) is 0 Å². The number of nitrogens with zero attached hydrogens (tertiary/aromatic N) is 2. The fraction of sp³-hybridized carbons (Fsp3) is 0.333. The van der Waals surface area contributed by atoms with Gasteiger partial charge < -0.3 is 0 Å². The van der Waals surface area contributed by atoms with E-state index < -0.39 is 0 Å². The van der Waals surface area contributed by atoms with Crippen molar-refractivity contribution in [3.05, 3.63) is 68.6 Å². The van der Waals surface area contributed by atoms with Crippen molar-refractivity contribution in [3.63, 3.8) is 0 Å². The van der Waals surface area contributed by atoms with E-state index in [1.807, 2.05) is 62.4 Å². The molecule has 0 aliphatic heterocycles. The first-order valence-electron chi connectivity index (χ1n) is 10.5. The van der Waals surface area contributed by atoms with Gasteiger partial charge in [0, 0.05) is 21.8 Å². The normalized spacial score (nSPS) is 11.9. The first kappa shape index (κ1) is 25.9. The highest BCUT2D eigenvalue weighted by Crippen LogP contribution is 2.12. The van der Waals surface area contributed by atoms with Gasteiger partial charge in [-0.15, -0.1) is 0 Å². The van der Waals surface area contributed by atoms with Crippen molar-refractivity contribution < 1.29 is 9.59 Å². The molecule has 0 saturated heterocycles. The molecule has 0 aliphatic carbocycles. The average Bonchev–Trinajstić information content (AvgIpc) is 2.79. The smallest absolute Gasteiger partial charge is 0.240 e. The van der Waals surface area contributed by atoms with E-state index >= 15 is 0 Å². The highest BCUT2D eigenvalue weighted by molar-refractivity contribution is 9.10. The third-order valence-electron chi connectivity index (χ3n) is 4.78. The van der Waals surface area contributed by atoms with Gasteiger partial charge in [-0.05, 0) is 62.1 Å². The molecule has 2 amide bonds. The Labute approximate surface area is 206 Å². The van der Waals surface area contributed by atoms with E-state index in [2.05, 4.69) is 52.9 Å². The van der Waals surface area contributed by atoms with E-state index in [1.165, 1.54) is 0 Å². The third-order valence-corrected chi connectivity index (χ3v) is 5.84. The zero-order valence-corrected chi connectivity index (χ0v) is 21.5. The number of amides is 2. The Hall–Kier alpha value is -2.32. The topological polar surface area (TPSA) is 82.9 Å². The first-order chi connectivity index (χ1) is 15.3. The van der Waals surface area contributed by atoms with E-state index in [0.29, 0.717) is 12.8 Å². The van der Waals surface area contributed by atoms with E-state index in [-0.39, 0.29) is 11.8 Å². The maximum atomic E-state index is 12.0. The molecule has 0 aromatic heterocycles. The van der Waals surface area contributed by atoms with Crippen LogP contribution < -0.4 is 10.9 Å². The largest absolute Gasteiger partial charge is 0.273 e. The van der Waals surface area contributed by atoms with Crippen LogP contribution in [0.25, 0.3) is 0 Å². The summed E-state index contributed by atoms with van der Waals surface area (Å²) in [4.78, 5) is 23.9. The minimum absolute atomic E-state index is 0.100. The number of nitrogens with one attached hydrogen (secondary N) is 2. The second-order valence-corrected chi connectivity index (χ2v) is 9.22. The van der Waals surface area contributed by atoms with Gasteiger partial charge in [-0.3, -0.25) is 9.59 Å². The van der Waals surface area contributed by atoms with Crippen molar-refractivity contribution in [2.75, 3.05) is 0 Å². The molecular weight excluding hydrogens is 536 g/mol. The molecule has 32 heavy (non-hydrogen) atoms. The van der Waals surface area contributed by atoms with Gasteiger partial charge >= 0.3 is 0 Å². The van der Waals surface area contributed by atoms with Gasteiger partial charge in [-0.25, -0.2) is 10.9 Å². The Balaban J connectivity index is 1.57. The van der Waals surface area contributed by atoms with Crippen LogP contribution in [0.3, 0.4) is 0 Å². The molecule has 0 heterocycles. The Morgan fingerprint density at radius 1 is 0.656 bits per heavy atom. The molecule has 8 heteroatoms. The fourth-order valence-electron chi connectivity index (χ4n) is 2.84. The van der Waals surface area contributed by atoms with Crippen LogP contribution >= 0.6 is 31.9 Å². The van der Waals surface area contributed by atoms with Crippen molar-refractivity contribution in [2.45, 2.75) is 52.4 Å². The SMILES string of the molecule is CC(=NNC(=O)CCCCCCC(=O)NN=C(C)c1ccc(Br)cc1)c1ccc(Br)cc1. The maximum absolute atomic E-state index is 12.0. The van der Waals surface area contributed by atoms with Crippen LogP contribution in [0.4, 0.5) is 0 Å². The lowest BCUT2D eigenvalue weighted by molar-refractivity contribution is -0.122. The van der Waals surface area contributed by atoms with Crippen molar-refractivity contribution in [1.29, 1.82) is 0 Å². The number of unbranched alkanes of at least 4 members (excludes halogenated alkanes) is 3. The number of carbonyl (C=O) groups excluding carboxylic acids is 2. The summed E-state index contributed by atoms with van der Waals surface area (Å²) in [6, 6.07) is 15.5. The predicted molar refractivity (Wildman–Crippen MR) is 137 cm³/mol. The lowest BCUT2D eigenvalue weighted by atomic mass is 10.1. The second kappa shape index (κ2) is 14.0. The standard InChI is InChI=1S/C24H28Br2N4O2/c1-17(19-9-13-21(25)14-10-19)27-29-23(31)7-5-3-4-6-8-24(32)30-28-18(2)20-11-15-22(26)16-12-20/h9-16H,3-8H2,1-2H3,(H,29,31)(H,30,32). The van der Waals surface area contributed by atoms with Gasteiger partial charge in [0.2, 0.25) is 11.8 Å². The molecule has 170 valence electrons. The van der Waals surface area contributed by atoms with Gasteiger partial charge in [-0.1, -0.05) is 69.0 Å². The summed E-state index contributed by atoms with van der Waals surface area (Å²) in [5, 5.41) is 8.31. The van der Waals surface area contributed by atoms with Gasteiger partial charge in [0.1, 0.15) is 0 Å². The molecule has 0 bridgehead atoms. The summed E-state index contributed by atoms with van der Waals surface area (Å²) < 4.78 is 2.00. The summed E-state index contributed by atoms with van der Waals surface area (Å²) >= 11 is 6.79. The van der Waals surface area contributed by atoms with Crippen LogP contribution in [0.2, 0.25) is 0 Å². The average molecular weight is 564 g/mol. The number of hydrogen-bond donors (Lipinski definition) is 2. The number of hydrazone groups is 2. The van der Waals surface area contributed by atoms with Crippen LogP contribution in [0.1, 0.15) is 63.5 Å². The van der Waals surface area contributed by atoms with Crippen LogP contribution in [0.5, 0.6) is 0 Å². The number of hydrogen-bond acceptors (Lipinski definition) is 4. The summed E-state index contributed by atoms with van der Waals surface area (Å²) in [5.74, 6) is -0.200. The molecule has 2 aromatic carbocycles. The van der Waals surface area contributed by atoms with E-state index in [4.69, 9.17) is 0 Å². The van der Waals surface area contributed by atoms with Crippen LogP contribution in [-0.4, -0.2) is 23.2 Å². The van der Waals surface area contributed by atoms with Crippen molar-refractivity contribution in [3.8, 4) is 0 Å². The molecular formula is C24H28Br2N4O2. The molecule has 2 N–H and O–H groups in total. The summed E-state index contributed by atoms with van der Waals surface area (Å²) in [6.45, 7) is 3.72. The first-order valence-corrected chi connectivity index (χ1v) is 12.1. The highest BCUT2D eigenvalue weighted by atomic mass is 79.9.